The number of nitrogens with zero attached hydrogens (tertiary/aromatic N) is 1. The number of rotatable bonds is 9. The van der Waals surface area contributed by atoms with Crippen molar-refractivity contribution < 1.29 is 35.9 Å². The fourth-order valence-electron chi connectivity index (χ4n) is 4.48. The third kappa shape index (κ3) is 6.14. The lowest BCUT2D eigenvalue weighted by atomic mass is 10.0. The first-order chi connectivity index (χ1) is 19.8. The predicted molar refractivity (Wildman–Crippen MR) is 152 cm³/mol. The number of benzene rings is 3. The Kier molecular flexibility index (Phi) is 7.78. The van der Waals surface area contributed by atoms with Crippen LogP contribution in [0.3, 0.4) is 0 Å². The summed E-state index contributed by atoms with van der Waals surface area (Å²) in [4.78, 5) is 9.46. The highest BCUT2D eigenvalue weighted by Crippen LogP contribution is 2.38. The number of hydroxylamine groups is 1. The Labute approximate surface area is 241 Å². The minimum absolute atomic E-state index is 0.00105. The summed E-state index contributed by atoms with van der Waals surface area (Å²) in [7, 11) is -4.05. The van der Waals surface area contributed by atoms with Crippen LogP contribution in [0.2, 0.25) is 0 Å². The van der Waals surface area contributed by atoms with Crippen LogP contribution in [-0.4, -0.2) is 26.1 Å². The van der Waals surface area contributed by atoms with Crippen molar-refractivity contribution in [3.8, 4) is 17.2 Å². The standard InChI is InChI=1S/C30H28F3N3O5S/c1-17-14-28(23-6-5-7-25(29(23)34-17)30(4,32)33)40-27-13-8-20(15-26(27)31)36-42(37,38)22-11-9-21(10-12-22)39-16-24-18(2)35-41-19(24)3/h5-15,18,35-36H,16H2,1-4H3. The van der Waals surface area contributed by atoms with Gasteiger partial charge in [0.05, 0.1) is 22.1 Å². The molecule has 0 aliphatic carbocycles. The van der Waals surface area contributed by atoms with Gasteiger partial charge in [-0.1, -0.05) is 12.1 Å². The number of nitrogens with one attached hydrogen (secondary N) is 2. The second-order valence-electron chi connectivity index (χ2n) is 9.99. The topological polar surface area (TPSA) is 98.8 Å². The normalized spacial score (nSPS) is 15.5. The minimum atomic E-state index is -4.05. The van der Waals surface area contributed by atoms with Crippen molar-refractivity contribution in [1.29, 1.82) is 0 Å². The first kappa shape index (κ1) is 29.2. The van der Waals surface area contributed by atoms with Crippen LogP contribution in [0.15, 0.2) is 83.0 Å². The van der Waals surface area contributed by atoms with Crippen molar-refractivity contribution >= 4 is 26.6 Å². The maximum absolute atomic E-state index is 15.1. The molecule has 1 aromatic heterocycles. The van der Waals surface area contributed by atoms with E-state index in [0.717, 1.165) is 24.3 Å². The van der Waals surface area contributed by atoms with Crippen LogP contribution in [0, 0.1) is 12.7 Å². The van der Waals surface area contributed by atoms with E-state index < -0.39 is 21.8 Å². The number of ether oxygens (including phenoxy) is 2. The first-order valence-electron chi connectivity index (χ1n) is 13.0. The first-order valence-corrected chi connectivity index (χ1v) is 14.4. The molecule has 1 unspecified atom stereocenters. The average Bonchev–Trinajstić information content (AvgIpc) is 3.24. The Bertz CT molecular complexity index is 1790. The highest BCUT2D eigenvalue weighted by Gasteiger charge is 2.28. The number of allylic oxidation sites excluding steroid dienone is 1. The van der Waals surface area contributed by atoms with Gasteiger partial charge >= 0.3 is 0 Å². The Hall–Kier alpha value is -4.29. The van der Waals surface area contributed by atoms with E-state index in [2.05, 4.69) is 15.2 Å². The highest BCUT2D eigenvalue weighted by molar-refractivity contribution is 7.92. The van der Waals surface area contributed by atoms with E-state index in [0.29, 0.717) is 11.4 Å². The molecule has 1 atom stereocenters. The fourth-order valence-corrected chi connectivity index (χ4v) is 5.53. The number of hydrogen-bond donors (Lipinski definition) is 2. The summed E-state index contributed by atoms with van der Waals surface area (Å²) in [6, 6.07) is 15.2. The molecule has 0 bridgehead atoms. The number of aromatic nitrogens is 1. The van der Waals surface area contributed by atoms with Crippen LogP contribution in [0.4, 0.5) is 18.9 Å². The van der Waals surface area contributed by atoms with Gasteiger partial charge in [0.2, 0.25) is 0 Å². The summed E-state index contributed by atoms with van der Waals surface area (Å²) >= 11 is 0. The zero-order chi connectivity index (χ0) is 30.2. The number of hydrogen-bond acceptors (Lipinski definition) is 7. The summed E-state index contributed by atoms with van der Waals surface area (Å²) in [5, 5.41) is 0.283. The summed E-state index contributed by atoms with van der Waals surface area (Å²) in [6.07, 6.45) is 0. The summed E-state index contributed by atoms with van der Waals surface area (Å²) in [6.45, 7) is 6.43. The zero-order valence-electron chi connectivity index (χ0n) is 23.2. The molecule has 4 aromatic rings. The van der Waals surface area contributed by atoms with Gasteiger partial charge in [0, 0.05) is 41.3 Å². The molecule has 3 aromatic carbocycles. The second kappa shape index (κ2) is 11.2. The van der Waals surface area contributed by atoms with Crippen LogP contribution in [-0.2, 0) is 20.8 Å². The van der Waals surface area contributed by atoms with Crippen molar-refractivity contribution in [2.75, 3.05) is 11.3 Å². The molecule has 220 valence electrons. The minimum Gasteiger partial charge on any atom is -0.489 e. The molecule has 8 nitrogen and oxygen atoms in total. The Morgan fingerprint density at radius 1 is 1.05 bits per heavy atom. The lowest BCUT2D eigenvalue weighted by molar-refractivity contribution is 0.0189. The van der Waals surface area contributed by atoms with E-state index in [4.69, 9.17) is 14.3 Å². The van der Waals surface area contributed by atoms with Crippen LogP contribution in [0.5, 0.6) is 17.2 Å². The van der Waals surface area contributed by atoms with Crippen molar-refractivity contribution in [3.63, 3.8) is 0 Å². The molecule has 2 heterocycles. The molecule has 1 aliphatic rings. The number of anilines is 1. The molecule has 2 N–H and O–H groups in total. The van der Waals surface area contributed by atoms with Gasteiger partial charge in [-0.15, -0.1) is 0 Å². The van der Waals surface area contributed by atoms with Gasteiger partial charge in [0.1, 0.15) is 23.9 Å². The molecule has 42 heavy (non-hydrogen) atoms. The van der Waals surface area contributed by atoms with Gasteiger partial charge in [0.25, 0.3) is 15.9 Å². The summed E-state index contributed by atoms with van der Waals surface area (Å²) in [5.74, 6) is -2.89. The summed E-state index contributed by atoms with van der Waals surface area (Å²) in [5.41, 5.74) is 3.93. The number of fused-ring (bicyclic) bond motifs is 1. The van der Waals surface area contributed by atoms with Gasteiger partial charge in [-0.05, 0) is 63.2 Å². The highest BCUT2D eigenvalue weighted by atomic mass is 32.2. The average molecular weight is 600 g/mol. The number of pyridine rings is 1. The van der Waals surface area contributed by atoms with Gasteiger partial charge < -0.3 is 14.3 Å². The van der Waals surface area contributed by atoms with Crippen molar-refractivity contribution in [2.24, 2.45) is 0 Å². The van der Waals surface area contributed by atoms with Crippen molar-refractivity contribution in [2.45, 2.75) is 44.6 Å². The van der Waals surface area contributed by atoms with Gasteiger partial charge in [-0.2, -0.15) is 5.48 Å². The lowest BCUT2D eigenvalue weighted by Gasteiger charge is -2.16. The summed E-state index contributed by atoms with van der Waals surface area (Å²) < 4.78 is 83.2. The molecule has 0 saturated heterocycles. The largest absolute Gasteiger partial charge is 0.489 e. The number of alkyl halides is 2. The number of halogens is 3. The lowest BCUT2D eigenvalue weighted by Crippen LogP contribution is -2.22. The van der Waals surface area contributed by atoms with E-state index in [1.165, 1.54) is 54.6 Å². The van der Waals surface area contributed by atoms with Crippen molar-refractivity contribution in [1.82, 2.24) is 10.5 Å². The van der Waals surface area contributed by atoms with Crippen LogP contribution in [0.25, 0.3) is 10.9 Å². The molecule has 0 fully saturated rings. The molecule has 5 rings (SSSR count). The number of para-hydroxylation sites is 1. The van der Waals surface area contributed by atoms with E-state index in [1.807, 2.05) is 13.8 Å². The maximum atomic E-state index is 15.1. The third-order valence-corrected chi connectivity index (χ3v) is 8.10. The fraction of sp³-hybridized carbons (Fsp3) is 0.233. The van der Waals surface area contributed by atoms with Crippen LogP contribution in [0.1, 0.15) is 32.0 Å². The third-order valence-electron chi connectivity index (χ3n) is 6.70. The van der Waals surface area contributed by atoms with E-state index in [9.17, 15) is 17.2 Å². The second-order valence-corrected chi connectivity index (χ2v) is 11.7. The zero-order valence-corrected chi connectivity index (χ0v) is 24.0. The quantitative estimate of drug-likeness (QED) is 0.215. The van der Waals surface area contributed by atoms with Gasteiger partial charge in [0.15, 0.2) is 11.6 Å². The van der Waals surface area contributed by atoms with Crippen LogP contribution >= 0.6 is 0 Å². The molecule has 0 amide bonds. The van der Waals surface area contributed by atoms with Crippen LogP contribution < -0.4 is 19.7 Å². The smallest absolute Gasteiger partial charge is 0.272 e. The molecule has 12 heteroatoms. The van der Waals surface area contributed by atoms with Crippen molar-refractivity contribution in [3.05, 3.63) is 95.1 Å². The molecular weight excluding hydrogens is 571 g/mol. The molecule has 1 aliphatic heterocycles. The Morgan fingerprint density at radius 2 is 1.79 bits per heavy atom. The predicted octanol–water partition coefficient (Wildman–Crippen LogP) is 6.96. The SMILES string of the molecule is CC1=C(COc2ccc(S(=O)(=O)Nc3ccc(Oc4cc(C)nc5c(C(C)(F)F)cccc45)c(F)c3)cc2)C(C)NO1. The monoisotopic (exact) mass is 599 g/mol. The number of aryl methyl sites for hydroxylation is 1. The van der Waals surface area contributed by atoms with Gasteiger partial charge in [-0.3, -0.25) is 9.71 Å². The molecular formula is C30H28F3N3O5S. The Balaban J connectivity index is 1.31. The molecule has 0 radical (unpaired) electrons. The van der Waals surface area contributed by atoms with E-state index in [1.54, 1.807) is 13.0 Å². The molecule has 0 spiro atoms. The van der Waals surface area contributed by atoms with Gasteiger partial charge in [-0.25, -0.2) is 21.6 Å². The van der Waals surface area contributed by atoms with E-state index in [-0.39, 0.29) is 51.2 Å². The van der Waals surface area contributed by atoms with E-state index >= 15 is 4.39 Å². The number of sulfonamides is 1. The maximum Gasteiger partial charge on any atom is 0.272 e. The Morgan fingerprint density at radius 3 is 2.43 bits per heavy atom. The molecule has 0 saturated carbocycles.